The molecule has 0 saturated heterocycles. The van der Waals surface area contributed by atoms with Gasteiger partial charge in [-0.25, -0.2) is 4.39 Å². The van der Waals surface area contributed by atoms with E-state index in [1.165, 1.54) is 12.1 Å². The zero-order chi connectivity index (χ0) is 22.4. The fraction of sp³-hybridized carbons (Fsp3) is 0.154. The van der Waals surface area contributed by atoms with Gasteiger partial charge in [-0.15, -0.1) is 0 Å². The van der Waals surface area contributed by atoms with Crippen LogP contribution in [0.4, 0.5) is 4.39 Å². The van der Waals surface area contributed by atoms with Crippen molar-refractivity contribution in [2.24, 2.45) is 0 Å². The van der Waals surface area contributed by atoms with Crippen molar-refractivity contribution in [3.05, 3.63) is 111 Å². The van der Waals surface area contributed by atoms with Crippen LogP contribution >= 0.6 is 0 Å². The van der Waals surface area contributed by atoms with E-state index < -0.39 is 6.04 Å². The minimum atomic E-state index is -0.630. The zero-order valence-corrected chi connectivity index (χ0v) is 17.6. The Balaban J connectivity index is 1.70. The van der Waals surface area contributed by atoms with Crippen molar-refractivity contribution in [3.63, 3.8) is 0 Å². The standard InChI is InChI=1S/C26H20FNO4/c1-15-3-12-21-20(13-15)24(29)22-23(17-6-10-19(31-2)11-7-17)28(26(30)25(22)32-21)14-16-4-8-18(27)9-5-16/h3-13,23H,14H2,1-2H3. The number of hydrogen-bond donors (Lipinski definition) is 0. The highest BCUT2D eigenvalue weighted by atomic mass is 19.1. The lowest BCUT2D eigenvalue weighted by atomic mass is 9.98. The Morgan fingerprint density at radius 3 is 2.41 bits per heavy atom. The summed E-state index contributed by atoms with van der Waals surface area (Å²) >= 11 is 0. The Morgan fingerprint density at radius 2 is 1.72 bits per heavy atom. The van der Waals surface area contributed by atoms with Crippen LogP contribution in [0.5, 0.6) is 5.75 Å². The summed E-state index contributed by atoms with van der Waals surface area (Å²) in [4.78, 5) is 28.6. The van der Waals surface area contributed by atoms with Crippen molar-refractivity contribution in [1.82, 2.24) is 4.90 Å². The first-order valence-electron chi connectivity index (χ1n) is 10.2. The number of ether oxygens (including phenoxy) is 1. The van der Waals surface area contributed by atoms with E-state index in [2.05, 4.69) is 0 Å². The highest BCUT2D eigenvalue weighted by Gasteiger charge is 2.42. The van der Waals surface area contributed by atoms with E-state index >= 15 is 0 Å². The Hall–Kier alpha value is -3.93. The van der Waals surface area contributed by atoms with Gasteiger partial charge in [0.05, 0.1) is 24.1 Å². The predicted molar refractivity (Wildman–Crippen MR) is 118 cm³/mol. The number of nitrogens with zero attached hydrogens (tertiary/aromatic N) is 1. The molecule has 1 aliphatic rings. The molecule has 160 valence electrons. The van der Waals surface area contributed by atoms with Crippen LogP contribution in [-0.4, -0.2) is 17.9 Å². The molecule has 5 rings (SSSR count). The zero-order valence-electron chi connectivity index (χ0n) is 17.6. The van der Waals surface area contributed by atoms with Gasteiger partial charge in [0.15, 0.2) is 5.43 Å². The monoisotopic (exact) mass is 429 g/mol. The minimum Gasteiger partial charge on any atom is -0.497 e. The average molecular weight is 429 g/mol. The number of carbonyl (C=O) groups is 1. The molecule has 6 heteroatoms. The molecule has 3 aromatic carbocycles. The van der Waals surface area contributed by atoms with Crippen molar-refractivity contribution >= 4 is 16.9 Å². The summed E-state index contributed by atoms with van der Waals surface area (Å²) in [7, 11) is 1.58. The third-order valence-corrected chi connectivity index (χ3v) is 5.82. The van der Waals surface area contributed by atoms with Crippen LogP contribution in [0.15, 0.2) is 75.9 Å². The smallest absolute Gasteiger partial charge is 0.291 e. The number of amides is 1. The molecule has 1 atom stereocenters. The molecule has 0 fully saturated rings. The largest absolute Gasteiger partial charge is 0.497 e. The highest BCUT2D eigenvalue weighted by Crippen LogP contribution is 2.39. The molecular formula is C26H20FNO4. The van der Waals surface area contributed by atoms with Crippen molar-refractivity contribution in [2.75, 3.05) is 7.11 Å². The molecule has 0 radical (unpaired) electrons. The van der Waals surface area contributed by atoms with E-state index in [1.807, 2.05) is 25.1 Å². The highest BCUT2D eigenvalue weighted by molar-refractivity contribution is 5.99. The molecule has 0 spiro atoms. The second-order valence-corrected chi connectivity index (χ2v) is 7.91. The van der Waals surface area contributed by atoms with Crippen molar-refractivity contribution in [2.45, 2.75) is 19.5 Å². The van der Waals surface area contributed by atoms with Crippen LogP contribution in [0.1, 0.15) is 38.9 Å². The average Bonchev–Trinajstić information content (AvgIpc) is 3.08. The molecule has 1 aromatic heterocycles. The van der Waals surface area contributed by atoms with Crippen LogP contribution in [0, 0.1) is 12.7 Å². The molecular weight excluding hydrogens is 409 g/mol. The summed E-state index contributed by atoms with van der Waals surface area (Å²) in [5.74, 6) is -0.00138. The van der Waals surface area contributed by atoms with E-state index in [4.69, 9.17) is 9.15 Å². The number of fused-ring (bicyclic) bond motifs is 2. The molecule has 1 aliphatic heterocycles. The Kier molecular flexibility index (Phi) is 4.78. The van der Waals surface area contributed by atoms with E-state index in [1.54, 1.807) is 48.4 Å². The lowest BCUT2D eigenvalue weighted by molar-refractivity contribution is 0.0714. The number of benzene rings is 3. The van der Waals surface area contributed by atoms with E-state index in [-0.39, 0.29) is 29.5 Å². The molecule has 1 unspecified atom stereocenters. The van der Waals surface area contributed by atoms with Crippen molar-refractivity contribution < 1.29 is 18.3 Å². The Bertz CT molecular complexity index is 1390. The van der Waals surface area contributed by atoms with Crippen molar-refractivity contribution in [3.8, 4) is 5.75 Å². The first kappa shape index (κ1) is 20.0. The van der Waals surface area contributed by atoms with Gasteiger partial charge >= 0.3 is 0 Å². The lowest BCUT2D eigenvalue weighted by Crippen LogP contribution is -2.29. The number of rotatable bonds is 4. The molecule has 5 nitrogen and oxygen atoms in total. The van der Waals surface area contributed by atoms with Gasteiger partial charge in [-0.2, -0.15) is 0 Å². The fourth-order valence-corrected chi connectivity index (χ4v) is 4.22. The topological polar surface area (TPSA) is 59.8 Å². The molecule has 32 heavy (non-hydrogen) atoms. The van der Waals surface area contributed by atoms with E-state index in [9.17, 15) is 14.0 Å². The quantitative estimate of drug-likeness (QED) is 0.458. The van der Waals surface area contributed by atoms with Crippen LogP contribution in [0.2, 0.25) is 0 Å². The number of hydrogen-bond acceptors (Lipinski definition) is 4. The molecule has 4 aromatic rings. The maximum atomic E-state index is 13.6. The molecule has 2 heterocycles. The van der Waals surface area contributed by atoms with Crippen LogP contribution in [0.25, 0.3) is 11.0 Å². The summed E-state index contributed by atoms with van der Waals surface area (Å²) < 4.78 is 24.6. The van der Waals surface area contributed by atoms with E-state index in [0.29, 0.717) is 22.3 Å². The second-order valence-electron chi connectivity index (χ2n) is 7.91. The Labute approximate surface area is 183 Å². The fourth-order valence-electron chi connectivity index (χ4n) is 4.22. The summed E-state index contributed by atoms with van der Waals surface area (Å²) in [6.45, 7) is 2.11. The summed E-state index contributed by atoms with van der Waals surface area (Å²) in [6.07, 6.45) is 0. The summed E-state index contributed by atoms with van der Waals surface area (Å²) in [5, 5.41) is 0.443. The Morgan fingerprint density at radius 1 is 1.00 bits per heavy atom. The van der Waals surface area contributed by atoms with Crippen LogP contribution in [0.3, 0.4) is 0 Å². The van der Waals surface area contributed by atoms with Gasteiger partial charge in [-0.05, 0) is 54.4 Å². The lowest BCUT2D eigenvalue weighted by Gasteiger charge is -2.25. The molecule has 0 saturated carbocycles. The number of methoxy groups -OCH3 is 1. The normalized spacial score (nSPS) is 15.3. The maximum absolute atomic E-state index is 13.6. The molecule has 0 bridgehead atoms. The van der Waals surface area contributed by atoms with Gasteiger partial charge < -0.3 is 14.1 Å². The first-order valence-corrected chi connectivity index (χ1v) is 10.2. The minimum absolute atomic E-state index is 0.0503. The van der Waals surface area contributed by atoms with Crippen LogP contribution < -0.4 is 10.2 Å². The third-order valence-electron chi connectivity index (χ3n) is 5.82. The van der Waals surface area contributed by atoms with Gasteiger partial charge in [-0.1, -0.05) is 35.9 Å². The first-order chi connectivity index (χ1) is 15.5. The predicted octanol–water partition coefficient (Wildman–Crippen LogP) is 4.99. The number of carbonyl (C=O) groups excluding carboxylic acids is 1. The molecule has 1 amide bonds. The number of halogens is 1. The summed E-state index contributed by atoms with van der Waals surface area (Å²) in [5.41, 5.74) is 2.92. The molecule has 0 N–H and O–H groups in total. The number of aryl methyl sites for hydroxylation is 1. The third kappa shape index (κ3) is 3.24. The van der Waals surface area contributed by atoms with Crippen LogP contribution in [-0.2, 0) is 6.54 Å². The van der Waals surface area contributed by atoms with Gasteiger partial charge in [0.1, 0.15) is 17.1 Å². The van der Waals surface area contributed by atoms with Gasteiger partial charge in [-0.3, -0.25) is 9.59 Å². The maximum Gasteiger partial charge on any atom is 0.291 e. The van der Waals surface area contributed by atoms with Gasteiger partial charge in [0, 0.05) is 6.54 Å². The van der Waals surface area contributed by atoms with Gasteiger partial charge in [0.2, 0.25) is 5.76 Å². The van der Waals surface area contributed by atoms with Gasteiger partial charge in [0.25, 0.3) is 5.91 Å². The van der Waals surface area contributed by atoms with Crippen molar-refractivity contribution in [1.29, 1.82) is 0 Å². The van der Waals surface area contributed by atoms with E-state index in [0.717, 1.165) is 16.7 Å². The second kappa shape index (κ2) is 7.64. The molecule has 0 aliphatic carbocycles. The SMILES string of the molecule is COc1ccc(C2c3c(oc4ccc(C)cc4c3=O)C(=O)N2Cc2ccc(F)cc2)cc1. The summed E-state index contributed by atoms with van der Waals surface area (Å²) in [6, 6.07) is 17.9.